The molecule has 2 heterocycles. The number of nitrogens with zero attached hydrogens (tertiary/aromatic N) is 4. The molecule has 15 heavy (non-hydrogen) atoms. The van der Waals surface area contributed by atoms with Crippen LogP contribution < -0.4 is 0 Å². The van der Waals surface area contributed by atoms with Gasteiger partial charge in [-0.1, -0.05) is 18.5 Å². The van der Waals surface area contributed by atoms with Gasteiger partial charge in [-0.25, -0.2) is 4.98 Å². The maximum absolute atomic E-state index is 5.88. The molecule has 4 nitrogen and oxygen atoms in total. The second-order valence-corrected chi connectivity index (χ2v) is 3.67. The maximum Gasteiger partial charge on any atom is 0.0952 e. The van der Waals surface area contributed by atoms with Gasteiger partial charge in [0.05, 0.1) is 29.3 Å². The van der Waals surface area contributed by atoms with Crippen LogP contribution in [0.15, 0.2) is 31.0 Å². The van der Waals surface area contributed by atoms with Crippen LogP contribution in [0.4, 0.5) is 0 Å². The van der Waals surface area contributed by atoms with Gasteiger partial charge in [-0.15, -0.1) is 0 Å². The van der Waals surface area contributed by atoms with E-state index in [0.29, 0.717) is 5.02 Å². The van der Waals surface area contributed by atoms with E-state index in [0.717, 1.165) is 12.1 Å². The van der Waals surface area contributed by atoms with Crippen molar-refractivity contribution in [2.24, 2.45) is 0 Å². The van der Waals surface area contributed by atoms with Gasteiger partial charge in [0, 0.05) is 12.4 Å². The van der Waals surface area contributed by atoms with Crippen LogP contribution in [0.1, 0.15) is 25.1 Å². The minimum absolute atomic E-state index is 0.152. The van der Waals surface area contributed by atoms with Crippen molar-refractivity contribution in [1.82, 2.24) is 19.7 Å². The van der Waals surface area contributed by atoms with E-state index in [1.54, 1.807) is 12.5 Å². The monoisotopic (exact) mass is 222 g/mol. The van der Waals surface area contributed by atoms with Crippen LogP contribution in [0.2, 0.25) is 5.02 Å². The van der Waals surface area contributed by atoms with E-state index >= 15 is 0 Å². The largest absolute Gasteiger partial charge is 0.328 e. The molecule has 0 fully saturated rings. The topological polar surface area (TPSA) is 43.6 Å². The third-order valence-corrected chi connectivity index (χ3v) is 2.46. The highest BCUT2D eigenvalue weighted by Crippen LogP contribution is 2.20. The van der Waals surface area contributed by atoms with Gasteiger partial charge in [0.15, 0.2) is 0 Å². The van der Waals surface area contributed by atoms with Gasteiger partial charge in [-0.2, -0.15) is 10.2 Å². The standard InChI is InChI=1S/C10H11ClN4/c1-2-10(15-4-3-12-7-15)9-5-8(11)6-13-14-9/h3-7,10H,2H2,1H3. The van der Waals surface area contributed by atoms with Crippen molar-refractivity contribution in [2.45, 2.75) is 19.4 Å². The van der Waals surface area contributed by atoms with Gasteiger partial charge in [-0.05, 0) is 12.5 Å². The Morgan fingerprint density at radius 2 is 2.40 bits per heavy atom. The number of rotatable bonds is 3. The molecule has 78 valence electrons. The summed E-state index contributed by atoms with van der Waals surface area (Å²) in [4.78, 5) is 4.02. The lowest BCUT2D eigenvalue weighted by Gasteiger charge is -2.14. The lowest BCUT2D eigenvalue weighted by molar-refractivity contribution is 0.544. The van der Waals surface area contributed by atoms with Crippen LogP contribution in [-0.4, -0.2) is 19.7 Å². The van der Waals surface area contributed by atoms with Crippen LogP contribution in [-0.2, 0) is 0 Å². The Hall–Kier alpha value is -1.42. The van der Waals surface area contributed by atoms with Crippen molar-refractivity contribution in [1.29, 1.82) is 0 Å². The number of hydrogen-bond donors (Lipinski definition) is 0. The second-order valence-electron chi connectivity index (χ2n) is 3.23. The molecule has 0 aliphatic rings. The quantitative estimate of drug-likeness (QED) is 0.801. The second kappa shape index (κ2) is 4.40. The lowest BCUT2D eigenvalue weighted by Crippen LogP contribution is -2.10. The smallest absolute Gasteiger partial charge is 0.0952 e. The molecular formula is C10H11ClN4. The molecule has 2 rings (SSSR count). The SMILES string of the molecule is CCC(c1cc(Cl)cnn1)n1ccnc1. The van der Waals surface area contributed by atoms with Gasteiger partial charge in [0.25, 0.3) is 0 Å². The number of hydrogen-bond acceptors (Lipinski definition) is 3. The molecule has 2 aromatic rings. The van der Waals surface area contributed by atoms with E-state index in [2.05, 4.69) is 22.1 Å². The highest BCUT2D eigenvalue weighted by molar-refractivity contribution is 6.30. The van der Waals surface area contributed by atoms with E-state index in [9.17, 15) is 0 Å². The molecule has 0 radical (unpaired) electrons. The molecule has 1 atom stereocenters. The van der Waals surface area contributed by atoms with Gasteiger partial charge in [-0.3, -0.25) is 0 Å². The fourth-order valence-electron chi connectivity index (χ4n) is 1.55. The lowest BCUT2D eigenvalue weighted by atomic mass is 10.1. The van der Waals surface area contributed by atoms with Crippen molar-refractivity contribution in [2.75, 3.05) is 0 Å². The summed E-state index contributed by atoms with van der Waals surface area (Å²) in [7, 11) is 0. The normalized spacial score (nSPS) is 12.7. The van der Waals surface area contributed by atoms with Crippen LogP contribution >= 0.6 is 11.6 Å². The molecule has 0 saturated carbocycles. The molecule has 0 aromatic carbocycles. The predicted octanol–water partition coefficient (Wildman–Crippen LogP) is 2.33. The zero-order chi connectivity index (χ0) is 10.7. The predicted molar refractivity (Wildman–Crippen MR) is 57.7 cm³/mol. The first kappa shape index (κ1) is 10.1. The Labute approximate surface area is 92.9 Å². The molecule has 2 aromatic heterocycles. The summed E-state index contributed by atoms with van der Waals surface area (Å²) in [5.74, 6) is 0. The fourth-order valence-corrected chi connectivity index (χ4v) is 1.70. The summed E-state index contributed by atoms with van der Waals surface area (Å²) in [6, 6.07) is 1.99. The average molecular weight is 223 g/mol. The first-order valence-corrected chi connectivity index (χ1v) is 5.14. The minimum Gasteiger partial charge on any atom is -0.328 e. The van der Waals surface area contributed by atoms with E-state index < -0.39 is 0 Å². The molecule has 0 spiro atoms. The Morgan fingerprint density at radius 1 is 1.53 bits per heavy atom. The van der Waals surface area contributed by atoms with E-state index in [1.165, 1.54) is 6.20 Å². The highest BCUT2D eigenvalue weighted by Gasteiger charge is 2.12. The third-order valence-electron chi connectivity index (χ3n) is 2.25. The first-order chi connectivity index (χ1) is 7.31. The number of halogens is 1. The Bertz CT molecular complexity index is 427. The third kappa shape index (κ3) is 2.15. The van der Waals surface area contributed by atoms with Crippen molar-refractivity contribution >= 4 is 11.6 Å². The first-order valence-electron chi connectivity index (χ1n) is 4.77. The zero-order valence-electron chi connectivity index (χ0n) is 8.34. The van der Waals surface area contributed by atoms with Crippen LogP contribution in [0.3, 0.4) is 0 Å². The average Bonchev–Trinajstić information content (AvgIpc) is 2.72. The molecule has 0 amide bonds. The highest BCUT2D eigenvalue weighted by atomic mass is 35.5. The van der Waals surface area contributed by atoms with Gasteiger partial charge in [0.2, 0.25) is 0 Å². The number of aromatic nitrogens is 4. The van der Waals surface area contributed by atoms with E-state index in [1.807, 2.05) is 16.8 Å². The van der Waals surface area contributed by atoms with Gasteiger partial charge < -0.3 is 4.57 Å². The summed E-state index contributed by atoms with van der Waals surface area (Å²) >= 11 is 5.88. The summed E-state index contributed by atoms with van der Waals surface area (Å²) in [5.41, 5.74) is 0.864. The summed E-state index contributed by atoms with van der Waals surface area (Å²) in [6.07, 6.45) is 7.89. The Morgan fingerprint density at radius 3 is 3.00 bits per heavy atom. The van der Waals surface area contributed by atoms with Gasteiger partial charge in [0.1, 0.15) is 0 Å². The van der Waals surface area contributed by atoms with Crippen molar-refractivity contribution in [3.8, 4) is 0 Å². The number of imidazole rings is 1. The van der Waals surface area contributed by atoms with Crippen molar-refractivity contribution in [3.63, 3.8) is 0 Å². The van der Waals surface area contributed by atoms with Crippen molar-refractivity contribution in [3.05, 3.63) is 41.7 Å². The van der Waals surface area contributed by atoms with E-state index in [4.69, 9.17) is 11.6 Å². The molecule has 0 N–H and O–H groups in total. The molecule has 0 saturated heterocycles. The van der Waals surface area contributed by atoms with Crippen LogP contribution in [0.5, 0.6) is 0 Å². The van der Waals surface area contributed by atoms with Gasteiger partial charge >= 0.3 is 0 Å². The van der Waals surface area contributed by atoms with E-state index in [-0.39, 0.29) is 6.04 Å². The molecule has 0 aliphatic heterocycles. The molecule has 1 unspecified atom stereocenters. The molecule has 0 aliphatic carbocycles. The molecule has 0 bridgehead atoms. The van der Waals surface area contributed by atoms with Crippen LogP contribution in [0.25, 0.3) is 0 Å². The molecule has 5 heteroatoms. The summed E-state index contributed by atoms with van der Waals surface area (Å²) in [5, 5.41) is 8.54. The zero-order valence-corrected chi connectivity index (χ0v) is 9.09. The Balaban J connectivity index is 2.35. The Kier molecular flexibility index (Phi) is 2.97. The minimum atomic E-state index is 0.152. The summed E-state index contributed by atoms with van der Waals surface area (Å²) in [6.45, 7) is 2.09. The maximum atomic E-state index is 5.88. The van der Waals surface area contributed by atoms with Crippen LogP contribution in [0, 0.1) is 0 Å². The fraction of sp³-hybridized carbons (Fsp3) is 0.300. The van der Waals surface area contributed by atoms with Crippen molar-refractivity contribution < 1.29 is 0 Å². The molecular weight excluding hydrogens is 212 g/mol. The summed E-state index contributed by atoms with van der Waals surface area (Å²) < 4.78 is 2.00.